The largest absolute Gasteiger partial charge is 0.398 e. The summed E-state index contributed by atoms with van der Waals surface area (Å²) in [5, 5.41) is 3.04. The lowest BCUT2D eigenvalue weighted by molar-refractivity contribution is 0.0851. The summed E-state index contributed by atoms with van der Waals surface area (Å²) < 4.78 is 0. The monoisotopic (exact) mass is 246 g/mol. The zero-order valence-electron chi connectivity index (χ0n) is 11.3. The van der Waals surface area contributed by atoms with Crippen molar-refractivity contribution in [2.75, 3.05) is 12.3 Å². The van der Waals surface area contributed by atoms with E-state index < -0.39 is 0 Å². The highest BCUT2D eigenvalue weighted by Gasteiger charge is 2.35. The molecule has 1 aliphatic rings. The molecule has 1 aromatic rings. The zero-order chi connectivity index (χ0) is 13.2. The first kappa shape index (κ1) is 12.9. The van der Waals surface area contributed by atoms with Crippen LogP contribution in [-0.4, -0.2) is 12.5 Å². The molecule has 1 fully saturated rings. The third-order valence-electron chi connectivity index (χ3n) is 4.36. The Morgan fingerprint density at radius 1 is 1.44 bits per heavy atom. The van der Waals surface area contributed by atoms with Crippen LogP contribution >= 0.6 is 0 Å². The van der Waals surface area contributed by atoms with Gasteiger partial charge in [0.1, 0.15) is 0 Å². The second-order valence-corrected chi connectivity index (χ2v) is 5.43. The zero-order valence-corrected chi connectivity index (χ0v) is 11.3. The Morgan fingerprint density at radius 3 is 2.72 bits per heavy atom. The first-order chi connectivity index (χ1) is 8.58. The molecule has 0 spiro atoms. The Morgan fingerprint density at radius 2 is 2.17 bits per heavy atom. The van der Waals surface area contributed by atoms with Gasteiger partial charge in [-0.2, -0.15) is 0 Å². The van der Waals surface area contributed by atoms with Crippen molar-refractivity contribution in [1.29, 1.82) is 0 Å². The van der Waals surface area contributed by atoms with Crippen molar-refractivity contribution in [3.63, 3.8) is 0 Å². The van der Waals surface area contributed by atoms with Gasteiger partial charge in [0.15, 0.2) is 0 Å². The average molecular weight is 246 g/mol. The number of nitrogen functional groups attached to an aromatic ring is 1. The van der Waals surface area contributed by atoms with Crippen LogP contribution in [0.2, 0.25) is 0 Å². The van der Waals surface area contributed by atoms with Crippen molar-refractivity contribution in [1.82, 2.24) is 5.32 Å². The predicted molar refractivity (Wildman–Crippen MR) is 74.5 cm³/mol. The van der Waals surface area contributed by atoms with Gasteiger partial charge < -0.3 is 11.1 Å². The van der Waals surface area contributed by atoms with E-state index >= 15 is 0 Å². The third-order valence-corrected chi connectivity index (χ3v) is 4.36. The lowest BCUT2D eigenvalue weighted by atomic mass is 9.67. The molecule has 1 amide bonds. The highest BCUT2D eigenvalue weighted by molar-refractivity contribution is 5.99. The molecule has 0 aliphatic heterocycles. The van der Waals surface area contributed by atoms with Gasteiger partial charge in [0, 0.05) is 12.2 Å². The van der Waals surface area contributed by atoms with Crippen molar-refractivity contribution in [2.45, 2.75) is 39.5 Å². The van der Waals surface area contributed by atoms with Gasteiger partial charge >= 0.3 is 0 Å². The van der Waals surface area contributed by atoms with Gasteiger partial charge in [-0.05, 0) is 43.2 Å². The van der Waals surface area contributed by atoms with E-state index in [1.807, 2.05) is 19.1 Å². The van der Waals surface area contributed by atoms with Gasteiger partial charge in [-0.25, -0.2) is 0 Å². The number of amides is 1. The Kier molecular flexibility index (Phi) is 3.60. The Labute approximate surface area is 109 Å². The molecule has 0 radical (unpaired) electrons. The van der Waals surface area contributed by atoms with Crippen LogP contribution in [0, 0.1) is 12.3 Å². The number of para-hydroxylation sites is 1. The summed E-state index contributed by atoms with van der Waals surface area (Å²) in [5.41, 5.74) is 8.43. The lowest BCUT2D eigenvalue weighted by Crippen LogP contribution is -2.41. The SMILES string of the molecule is CCC1(CNC(=O)c2cccc(C)c2N)CCC1. The van der Waals surface area contributed by atoms with Crippen molar-refractivity contribution in [3.8, 4) is 0 Å². The number of rotatable bonds is 4. The number of hydrogen-bond acceptors (Lipinski definition) is 2. The van der Waals surface area contributed by atoms with Crippen LogP contribution in [0.25, 0.3) is 0 Å². The van der Waals surface area contributed by atoms with Gasteiger partial charge in [0.25, 0.3) is 5.91 Å². The average Bonchev–Trinajstić information content (AvgIpc) is 2.31. The minimum atomic E-state index is -0.0454. The van der Waals surface area contributed by atoms with Gasteiger partial charge in [-0.1, -0.05) is 25.5 Å². The van der Waals surface area contributed by atoms with E-state index in [0.29, 0.717) is 16.7 Å². The molecule has 3 heteroatoms. The normalized spacial score (nSPS) is 17.0. The molecule has 1 aliphatic carbocycles. The summed E-state index contributed by atoms with van der Waals surface area (Å²) in [4.78, 5) is 12.1. The maximum absolute atomic E-state index is 12.1. The van der Waals surface area contributed by atoms with Crippen LogP contribution in [0.15, 0.2) is 18.2 Å². The second kappa shape index (κ2) is 5.01. The molecule has 3 nitrogen and oxygen atoms in total. The number of nitrogens with one attached hydrogen (secondary N) is 1. The van der Waals surface area contributed by atoms with Gasteiger partial charge in [0.05, 0.1) is 5.56 Å². The van der Waals surface area contributed by atoms with E-state index in [-0.39, 0.29) is 5.91 Å². The number of nitrogens with two attached hydrogens (primary N) is 1. The van der Waals surface area contributed by atoms with E-state index in [4.69, 9.17) is 5.73 Å². The van der Waals surface area contributed by atoms with Crippen molar-refractivity contribution < 1.29 is 4.79 Å². The summed E-state index contributed by atoms with van der Waals surface area (Å²) in [5.74, 6) is -0.0454. The lowest BCUT2D eigenvalue weighted by Gasteiger charge is -2.41. The molecule has 98 valence electrons. The summed E-state index contributed by atoms with van der Waals surface area (Å²) in [7, 11) is 0. The Bertz CT molecular complexity index is 444. The van der Waals surface area contributed by atoms with E-state index in [9.17, 15) is 4.79 Å². The standard InChI is InChI=1S/C15H22N2O/c1-3-15(8-5-9-15)10-17-14(18)12-7-4-6-11(2)13(12)16/h4,6-7H,3,5,8-10,16H2,1-2H3,(H,17,18). The molecule has 1 saturated carbocycles. The van der Waals surface area contributed by atoms with Crippen LogP contribution < -0.4 is 11.1 Å². The van der Waals surface area contributed by atoms with Crippen molar-refractivity contribution in [3.05, 3.63) is 29.3 Å². The van der Waals surface area contributed by atoms with Crippen molar-refractivity contribution >= 4 is 11.6 Å². The van der Waals surface area contributed by atoms with Crippen LogP contribution in [0.1, 0.15) is 48.5 Å². The maximum atomic E-state index is 12.1. The molecule has 0 bridgehead atoms. The molecule has 0 unspecified atom stereocenters. The maximum Gasteiger partial charge on any atom is 0.253 e. The summed E-state index contributed by atoms with van der Waals surface area (Å²) in [6.07, 6.45) is 4.88. The molecule has 0 saturated heterocycles. The first-order valence-electron chi connectivity index (χ1n) is 6.71. The molecular weight excluding hydrogens is 224 g/mol. The smallest absolute Gasteiger partial charge is 0.253 e. The Balaban J connectivity index is 2.02. The molecular formula is C15H22N2O. The van der Waals surface area contributed by atoms with Crippen LogP contribution in [-0.2, 0) is 0 Å². The van der Waals surface area contributed by atoms with Gasteiger partial charge in [0.2, 0.25) is 0 Å². The molecule has 1 aromatic carbocycles. The predicted octanol–water partition coefficient (Wildman–Crippen LogP) is 2.89. The van der Waals surface area contributed by atoms with E-state index in [1.54, 1.807) is 6.07 Å². The molecule has 3 N–H and O–H groups in total. The molecule has 18 heavy (non-hydrogen) atoms. The molecule has 0 aromatic heterocycles. The topological polar surface area (TPSA) is 55.1 Å². The number of anilines is 1. The summed E-state index contributed by atoms with van der Waals surface area (Å²) in [6.45, 7) is 4.90. The fourth-order valence-electron chi connectivity index (χ4n) is 2.57. The van der Waals surface area contributed by atoms with Gasteiger partial charge in [-0.3, -0.25) is 4.79 Å². The quantitative estimate of drug-likeness (QED) is 0.803. The number of hydrogen-bond donors (Lipinski definition) is 2. The van der Waals surface area contributed by atoms with Crippen LogP contribution in [0.5, 0.6) is 0 Å². The summed E-state index contributed by atoms with van der Waals surface area (Å²) in [6, 6.07) is 5.59. The first-order valence-corrected chi connectivity index (χ1v) is 6.71. The minimum absolute atomic E-state index is 0.0454. The molecule has 2 rings (SSSR count). The molecule has 0 heterocycles. The fraction of sp³-hybridized carbons (Fsp3) is 0.533. The van der Waals surface area contributed by atoms with Gasteiger partial charge in [-0.15, -0.1) is 0 Å². The third kappa shape index (κ3) is 2.35. The number of benzene rings is 1. The van der Waals surface area contributed by atoms with Crippen LogP contribution in [0.3, 0.4) is 0 Å². The van der Waals surface area contributed by atoms with E-state index in [0.717, 1.165) is 18.5 Å². The summed E-state index contributed by atoms with van der Waals surface area (Å²) >= 11 is 0. The number of aryl methyl sites for hydroxylation is 1. The van der Waals surface area contributed by atoms with Crippen molar-refractivity contribution in [2.24, 2.45) is 5.41 Å². The van der Waals surface area contributed by atoms with Crippen LogP contribution in [0.4, 0.5) is 5.69 Å². The highest BCUT2D eigenvalue weighted by atomic mass is 16.1. The Hall–Kier alpha value is -1.51. The second-order valence-electron chi connectivity index (χ2n) is 5.43. The minimum Gasteiger partial charge on any atom is -0.398 e. The fourth-order valence-corrected chi connectivity index (χ4v) is 2.57. The highest BCUT2D eigenvalue weighted by Crippen LogP contribution is 2.43. The van der Waals surface area contributed by atoms with E-state index in [1.165, 1.54) is 19.3 Å². The van der Waals surface area contributed by atoms with E-state index in [2.05, 4.69) is 12.2 Å². The number of carbonyl (C=O) groups excluding carboxylic acids is 1. The number of carbonyl (C=O) groups is 1. The molecule has 0 atom stereocenters.